The van der Waals surface area contributed by atoms with E-state index in [2.05, 4.69) is 68.2 Å². The minimum absolute atomic E-state index is 0.714. The van der Waals surface area contributed by atoms with E-state index in [9.17, 15) is 0 Å². The molecule has 1 saturated carbocycles. The van der Waals surface area contributed by atoms with Gasteiger partial charge in [-0.3, -0.25) is 4.98 Å². The van der Waals surface area contributed by atoms with Gasteiger partial charge >= 0.3 is 0 Å². The minimum atomic E-state index is -1.32. The van der Waals surface area contributed by atoms with Crippen LogP contribution in [0.1, 0.15) is 43.6 Å². The molecular weight excluding hydrogens is 386 g/mol. The molecule has 0 amide bonds. The van der Waals surface area contributed by atoms with Crippen LogP contribution in [0.2, 0.25) is 19.6 Å². The highest BCUT2D eigenvalue weighted by Gasteiger charge is 2.20. The lowest BCUT2D eigenvalue weighted by atomic mass is 9.84. The topological polar surface area (TPSA) is 12.9 Å². The summed E-state index contributed by atoms with van der Waals surface area (Å²) >= 11 is 1.92. The zero-order valence-corrected chi connectivity index (χ0v) is 19.5. The van der Waals surface area contributed by atoms with Crippen molar-refractivity contribution in [1.82, 2.24) is 4.98 Å². The smallest absolute Gasteiger partial charge is 0.0776 e. The molecule has 1 nitrogen and oxygen atoms in total. The van der Waals surface area contributed by atoms with Gasteiger partial charge in [-0.05, 0) is 42.5 Å². The molecule has 2 aromatic carbocycles. The second-order valence-corrected chi connectivity index (χ2v) is 15.7. The molecule has 0 unspecified atom stereocenters. The number of fused-ring (bicyclic) bond motifs is 3. The molecule has 0 N–H and O–H groups in total. The summed E-state index contributed by atoms with van der Waals surface area (Å²) in [6.07, 6.45) is 8.82. The van der Waals surface area contributed by atoms with E-state index in [1.54, 1.807) is 0 Å². The third kappa shape index (κ3) is 3.55. The molecule has 1 fully saturated rings. The van der Waals surface area contributed by atoms with Crippen molar-refractivity contribution in [3.8, 4) is 11.3 Å². The molecule has 1 aliphatic carbocycles. The van der Waals surface area contributed by atoms with Gasteiger partial charge in [0.25, 0.3) is 0 Å². The molecule has 29 heavy (non-hydrogen) atoms. The quantitative estimate of drug-likeness (QED) is 0.312. The van der Waals surface area contributed by atoms with Gasteiger partial charge in [-0.2, -0.15) is 0 Å². The van der Waals surface area contributed by atoms with Crippen LogP contribution >= 0.6 is 11.3 Å². The van der Waals surface area contributed by atoms with Crippen molar-refractivity contribution in [1.29, 1.82) is 0 Å². The highest BCUT2D eigenvalue weighted by Crippen LogP contribution is 2.40. The van der Waals surface area contributed by atoms with Gasteiger partial charge in [0.05, 0.1) is 13.8 Å². The summed E-state index contributed by atoms with van der Waals surface area (Å²) in [5.74, 6) is 0.714. The number of rotatable bonds is 3. The summed E-state index contributed by atoms with van der Waals surface area (Å²) in [5.41, 5.74) is 3.90. The molecule has 2 heterocycles. The Bertz CT molecular complexity index is 1180. The van der Waals surface area contributed by atoms with Gasteiger partial charge in [0.1, 0.15) is 0 Å². The molecule has 0 spiro atoms. The Morgan fingerprint density at radius 2 is 1.72 bits per heavy atom. The molecule has 3 heteroatoms. The summed E-state index contributed by atoms with van der Waals surface area (Å²) in [6.45, 7) is 7.28. The zero-order chi connectivity index (χ0) is 20.0. The van der Waals surface area contributed by atoms with E-state index in [1.165, 1.54) is 68.6 Å². The maximum atomic E-state index is 4.80. The Balaban J connectivity index is 1.64. The molecule has 0 aliphatic heterocycles. The molecule has 5 rings (SSSR count). The lowest BCUT2D eigenvalue weighted by molar-refractivity contribution is 0.443. The number of hydrogen-bond donors (Lipinski definition) is 0. The predicted octanol–water partition coefficient (Wildman–Crippen LogP) is 7.71. The number of hydrogen-bond acceptors (Lipinski definition) is 2. The maximum absolute atomic E-state index is 4.80. The fraction of sp³-hybridized carbons (Fsp3) is 0.346. The van der Waals surface area contributed by atoms with Crippen LogP contribution in [-0.2, 0) is 0 Å². The van der Waals surface area contributed by atoms with E-state index < -0.39 is 8.07 Å². The first-order chi connectivity index (χ1) is 14.0. The average Bonchev–Trinajstić information content (AvgIpc) is 3.12. The first-order valence-corrected chi connectivity index (χ1v) is 15.2. The van der Waals surface area contributed by atoms with Crippen LogP contribution in [0.4, 0.5) is 0 Å². The predicted molar refractivity (Wildman–Crippen MR) is 131 cm³/mol. The lowest BCUT2D eigenvalue weighted by Crippen LogP contribution is -2.37. The van der Waals surface area contributed by atoms with Crippen molar-refractivity contribution in [3.05, 3.63) is 60.3 Å². The number of aromatic nitrogens is 1. The van der Waals surface area contributed by atoms with Gasteiger partial charge in [-0.15, -0.1) is 11.3 Å². The van der Waals surface area contributed by atoms with Crippen molar-refractivity contribution in [2.24, 2.45) is 0 Å². The molecule has 1 aliphatic rings. The van der Waals surface area contributed by atoms with E-state index >= 15 is 0 Å². The SMILES string of the molecule is C[Si](C)(C)c1ccc2sc3c(-c4cc(C5CCCCC5)ccn4)cccc3c2c1. The number of benzene rings is 2. The summed E-state index contributed by atoms with van der Waals surface area (Å²) in [7, 11) is -1.32. The van der Waals surface area contributed by atoms with Crippen LogP contribution in [0, 0.1) is 0 Å². The highest BCUT2D eigenvalue weighted by atomic mass is 32.1. The molecule has 4 aromatic rings. The fourth-order valence-electron chi connectivity index (χ4n) is 4.75. The Hall–Kier alpha value is -1.97. The molecule has 2 aromatic heterocycles. The van der Waals surface area contributed by atoms with Crippen LogP contribution < -0.4 is 5.19 Å². The standard InChI is InChI=1S/C26H29NSSi/c1-29(2,3)20-12-13-25-23(17-20)21-10-7-11-22(26(21)28-25)24-16-19(14-15-27-24)18-8-5-4-6-9-18/h7,10-18H,4-6,8-9H2,1-3H3. The third-order valence-electron chi connectivity index (χ3n) is 6.50. The number of pyridine rings is 1. The monoisotopic (exact) mass is 415 g/mol. The van der Waals surface area contributed by atoms with E-state index in [0.29, 0.717) is 5.92 Å². The second-order valence-electron chi connectivity index (χ2n) is 9.55. The molecule has 0 saturated heterocycles. The van der Waals surface area contributed by atoms with Crippen LogP contribution in [0.15, 0.2) is 54.7 Å². The minimum Gasteiger partial charge on any atom is -0.256 e. The van der Waals surface area contributed by atoms with Crippen molar-refractivity contribution < 1.29 is 0 Å². The Morgan fingerprint density at radius 3 is 2.52 bits per heavy atom. The van der Waals surface area contributed by atoms with E-state index in [-0.39, 0.29) is 0 Å². The van der Waals surface area contributed by atoms with E-state index in [4.69, 9.17) is 4.98 Å². The first-order valence-electron chi connectivity index (χ1n) is 10.9. The summed E-state index contributed by atoms with van der Waals surface area (Å²) in [5, 5.41) is 4.33. The van der Waals surface area contributed by atoms with Crippen LogP contribution in [0.3, 0.4) is 0 Å². The Labute approximate surface area is 178 Å². The summed E-state index contributed by atoms with van der Waals surface area (Å²) < 4.78 is 2.77. The molecule has 148 valence electrons. The normalized spacial score (nSPS) is 16.0. The summed E-state index contributed by atoms with van der Waals surface area (Å²) in [4.78, 5) is 4.80. The number of nitrogens with zero attached hydrogens (tertiary/aromatic N) is 1. The fourth-order valence-corrected chi connectivity index (χ4v) is 7.12. The second kappa shape index (κ2) is 7.37. The lowest BCUT2D eigenvalue weighted by Gasteiger charge is -2.22. The summed E-state index contributed by atoms with van der Waals surface area (Å²) in [6, 6.07) is 18.5. The Kier molecular flexibility index (Phi) is 4.83. The van der Waals surface area contributed by atoms with Gasteiger partial charge in [-0.25, -0.2) is 0 Å². The van der Waals surface area contributed by atoms with Crippen LogP contribution in [-0.4, -0.2) is 13.1 Å². The van der Waals surface area contributed by atoms with Gasteiger partial charge in [-0.1, -0.05) is 74.4 Å². The van der Waals surface area contributed by atoms with Crippen molar-refractivity contribution in [3.63, 3.8) is 0 Å². The third-order valence-corrected chi connectivity index (χ3v) is 9.76. The van der Waals surface area contributed by atoms with Crippen LogP contribution in [0.25, 0.3) is 31.4 Å². The van der Waals surface area contributed by atoms with E-state index in [0.717, 1.165) is 5.69 Å². The average molecular weight is 416 g/mol. The maximum Gasteiger partial charge on any atom is 0.0776 e. The highest BCUT2D eigenvalue weighted by molar-refractivity contribution is 7.26. The van der Waals surface area contributed by atoms with Crippen molar-refractivity contribution >= 4 is 44.8 Å². The van der Waals surface area contributed by atoms with Crippen LogP contribution in [0.5, 0.6) is 0 Å². The zero-order valence-electron chi connectivity index (χ0n) is 17.7. The number of thiophene rings is 1. The van der Waals surface area contributed by atoms with Gasteiger partial charge in [0.15, 0.2) is 0 Å². The van der Waals surface area contributed by atoms with Gasteiger partial charge in [0, 0.05) is 31.9 Å². The van der Waals surface area contributed by atoms with Gasteiger partial charge in [0.2, 0.25) is 0 Å². The molecule has 0 atom stereocenters. The molecular formula is C26H29NSSi. The van der Waals surface area contributed by atoms with E-state index in [1.807, 2.05) is 17.5 Å². The Morgan fingerprint density at radius 1 is 0.897 bits per heavy atom. The first kappa shape index (κ1) is 19.0. The largest absolute Gasteiger partial charge is 0.256 e. The molecule has 0 bridgehead atoms. The van der Waals surface area contributed by atoms with Crippen molar-refractivity contribution in [2.45, 2.75) is 57.7 Å². The van der Waals surface area contributed by atoms with Gasteiger partial charge < -0.3 is 0 Å². The van der Waals surface area contributed by atoms with Crippen molar-refractivity contribution in [2.75, 3.05) is 0 Å². The molecule has 0 radical (unpaired) electrons.